The van der Waals surface area contributed by atoms with E-state index in [-0.39, 0.29) is 10.8 Å². The molecule has 12 heavy (non-hydrogen) atoms. The lowest BCUT2D eigenvalue weighted by atomic mass is 10.3. The minimum absolute atomic E-state index is 0.266. The number of alkyl halides is 1. The van der Waals surface area contributed by atoms with Crippen LogP contribution in [0, 0.1) is 0 Å². The van der Waals surface area contributed by atoms with E-state index in [1.165, 1.54) is 0 Å². The molecule has 2 nitrogen and oxygen atoms in total. The average molecular weight is 229 g/mol. The highest BCUT2D eigenvalue weighted by atomic mass is 79.9. The van der Waals surface area contributed by atoms with Gasteiger partial charge in [0.25, 0.3) is 0 Å². The normalized spacial score (nSPS) is 12.2. The molecule has 0 spiro atoms. The quantitative estimate of drug-likeness (QED) is 0.442. The molecule has 0 unspecified atom stereocenters. The van der Waals surface area contributed by atoms with Crippen LogP contribution < -0.4 is 4.74 Å². The zero-order chi connectivity index (χ0) is 8.97. The standard InChI is InChI=1S/C9H9BrO2/c1-7(10)9(11)12-8-5-3-2-4-6-8/h2-7H,1H3/t7-/m1/s1. The van der Waals surface area contributed by atoms with Crippen molar-refractivity contribution >= 4 is 21.9 Å². The lowest BCUT2D eigenvalue weighted by Gasteiger charge is -2.04. The summed E-state index contributed by atoms with van der Waals surface area (Å²) in [5, 5.41) is 0. The molecule has 0 aliphatic rings. The van der Waals surface area contributed by atoms with E-state index >= 15 is 0 Å². The Balaban J connectivity index is 2.59. The zero-order valence-corrected chi connectivity index (χ0v) is 8.24. The fourth-order valence-corrected chi connectivity index (χ4v) is 0.779. The maximum absolute atomic E-state index is 11.0. The van der Waals surface area contributed by atoms with E-state index < -0.39 is 0 Å². The van der Waals surface area contributed by atoms with E-state index in [4.69, 9.17) is 4.74 Å². The molecular weight excluding hydrogens is 220 g/mol. The number of esters is 1. The Kier molecular flexibility index (Phi) is 3.29. The fourth-order valence-electron chi connectivity index (χ4n) is 0.686. The van der Waals surface area contributed by atoms with Gasteiger partial charge in [0, 0.05) is 0 Å². The molecule has 1 atom stereocenters. The van der Waals surface area contributed by atoms with Crippen molar-refractivity contribution in [2.45, 2.75) is 11.8 Å². The van der Waals surface area contributed by atoms with E-state index in [9.17, 15) is 4.79 Å². The van der Waals surface area contributed by atoms with Crippen LogP contribution in [-0.2, 0) is 4.79 Å². The predicted molar refractivity (Wildman–Crippen MR) is 50.5 cm³/mol. The Bertz CT molecular complexity index is 256. The van der Waals surface area contributed by atoms with Crippen molar-refractivity contribution in [3.05, 3.63) is 30.3 Å². The first-order valence-corrected chi connectivity index (χ1v) is 4.52. The Morgan fingerprint density at radius 2 is 2.00 bits per heavy atom. The summed E-state index contributed by atoms with van der Waals surface area (Å²) >= 11 is 3.12. The summed E-state index contributed by atoms with van der Waals surface area (Å²) in [5.74, 6) is 0.301. The Labute approximate surface area is 79.7 Å². The summed E-state index contributed by atoms with van der Waals surface area (Å²) in [6.07, 6.45) is 0. The van der Waals surface area contributed by atoms with Crippen LogP contribution in [-0.4, -0.2) is 10.8 Å². The number of rotatable bonds is 2. The number of benzene rings is 1. The number of ether oxygens (including phenoxy) is 1. The van der Waals surface area contributed by atoms with E-state index in [1.54, 1.807) is 19.1 Å². The van der Waals surface area contributed by atoms with Crippen LogP contribution in [0.3, 0.4) is 0 Å². The molecule has 0 fully saturated rings. The second-order valence-electron chi connectivity index (χ2n) is 2.35. The van der Waals surface area contributed by atoms with E-state index in [0.29, 0.717) is 5.75 Å². The average Bonchev–Trinajstić information content (AvgIpc) is 2.06. The van der Waals surface area contributed by atoms with Crippen molar-refractivity contribution in [3.63, 3.8) is 0 Å². The zero-order valence-electron chi connectivity index (χ0n) is 6.66. The summed E-state index contributed by atoms with van der Waals surface area (Å²) in [7, 11) is 0. The third-order valence-electron chi connectivity index (χ3n) is 1.29. The molecule has 0 N–H and O–H groups in total. The molecule has 0 radical (unpaired) electrons. The molecule has 1 aromatic rings. The van der Waals surface area contributed by atoms with E-state index in [2.05, 4.69) is 15.9 Å². The number of para-hydroxylation sites is 1. The van der Waals surface area contributed by atoms with Gasteiger partial charge in [0.1, 0.15) is 10.6 Å². The Morgan fingerprint density at radius 3 is 2.50 bits per heavy atom. The van der Waals surface area contributed by atoms with Gasteiger partial charge in [-0.15, -0.1) is 0 Å². The van der Waals surface area contributed by atoms with Gasteiger partial charge in [-0.25, -0.2) is 0 Å². The Hall–Kier alpha value is -0.830. The summed E-state index contributed by atoms with van der Waals surface area (Å²) in [5.41, 5.74) is 0. The second-order valence-corrected chi connectivity index (χ2v) is 3.72. The number of carbonyl (C=O) groups is 1. The first-order chi connectivity index (χ1) is 5.70. The molecule has 0 bridgehead atoms. The first-order valence-electron chi connectivity index (χ1n) is 3.61. The molecule has 0 aliphatic carbocycles. The van der Waals surface area contributed by atoms with Gasteiger partial charge in [0.2, 0.25) is 0 Å². The van der Waals surface area contributed by atoms with Crippen LogP contribution in [0.1, 0.15) is 6.92 Å². The monoisotopic (exact) mass is 228 g/mol. The lowest BCUT2D eigenvalue weighted by molar-refractivity contribution is -0.133. The second kappa shape index (κ2) is 4.26. The van der Waals surface area contributed by atoms with Crippen LogP contribution >= 0.6 is 15.9 Å². The molecule has 0 aliphatic heterocycles. The molecule has 64 valence electrons. The van der Waals surface area contributed by atoms with Crippen LogP contribution in [0.2, 0.25) is 0 Å². The van der Waals surface area contributed by atoms with Gasteiger partial charge in [0.15, 0.2) is 0 Å². The van der Waals surface area contributed by atoms with Gasteiger partial charge in [0.05, 0.1) is 0 Å². The van der Waals surface area contributed by atoms with Gasteiger partial charge in [-0.2, -0.15) is 0 Å². The van der Waals surface area contributed by atoms with E-state index in [0.717, 1.165) is 0 Å². The predicted octanol–water partition coefficient (Wildman–Crippen LogP) is 2.38. The number of carbonyl (C=O) groups excluding carboxylic acids is 1. The smallest absolute Gasteiger partial charge is 0.324 e. The summed E-state index contributed by atoms with van der Waals surface area (Å²) in [6, 6.07) is 9.00. The van der Waals surface area contributed by atoms with Gasteiger partial charge in [-0.1, -0.05) is 34.1 Å². The maximum Gasteiger partial charge on any atom is 0.324 e. The number of halogens is 1. The minimum atomic E-state index is -0.277. The van der Waals surface area contributed by atoms with Gasteiger partial charge in [-0.05, 0) is 19.1 Å². The largest absolute Gasteiger partial charge is 0.426 e. The maximum atomic E-state index is 11.0. The van der Waals surface area contributed by atoms with Gasteiger partial charge < -0.3 is 4.74 Å². The van der Waals surface area contributed by atoms with Crippen molar-refractivity contribution < 1.29 is 9.53 Å². The first kappa shape index (κ1) is 9.26. The van der Waals surface area contributed by atoms with E-state index in [1.807, 2.05) is 18.2 Å². The van der Waals surface area contributed by atoms with Crippen molar-refractivity contribution in [3.8, 4) is 5.75 Å². The Morgan fingerprint density at radius 1 is 1.42 bits per heavy atom. The molecule has 3 heteroatoms. The fraction of sp³-hybridized carbons (Fsp3) is 0.222. The minimum Gasteiger partial charge on any atom is -0.426 e. The molecule has 0 saturated carbocycles. The molecule has 0 aromatic heterocycles. The molecule has 0 saturated heterocycles. The van der Waals surface area contributed by atoms with Crippen molar-refractivity contribution in [2.75, 3.05) is 0 Å². The molecule has 0 heterocycles. The summed E-state index contributed by atoms with van der Waals surface area (Å²) < 4.78 is 4.99. The highest BCUT2D eigenvalue weighted by Crippen LogP contribution is 2.11. The highest BCUT2D eigenvalue weighted by molar-refractivity contribution is 9.10. The number of hydrogen-bond donors (Lipinski definition) is 0. The van der Waals surface area contributed by atoms with Gasteiger partial charge in [-0.3, -0.25) is 4.79 Å². The number of hydrogen-bond acceptors (Lipinski definition) is 2. The van der Waals surface area contributed by atoms with Crippen molar-refractivity contribution in [1.82, 2.24) is 0 Å². The highest BCUT2D eigenvalue weighted by Gasteiger charge is 2.10. The summed E-state index contributed by atoms with van der Waals surface area (Å²) in [6.45, 7) is 1.73. The summed E-state index contributed by atoms with van der Waals surface area (Å²) in [4.78, 5) is 10.8. The molecule has 1 rings (SSSR count). The van der Waals surface area contributed by atoms with Crippen molar-refractivity contribution in [2.24, 2.45) is 0 Å². The van der Waals surface area contributed by atoms with Crippen LogP contribution in [0.4, 0.5) is 0 Å². The topological polar surface area (TPSA) is 26.3 Å². The third-order valence-corrected chi connectivity index (χ3v) is 1.66. The van der Waals surface area contributed by atoms with Crippen LogP contribution in [0.15, 0.2) is 30.3 Å². The SMILES string of the molecule is C[C@@H](Br)C(=O)Oc1ccccc1. The van der Waals surface area contributed by atoms with Crippen molar-refractivity contribution in [1.29, 1.82) is 0 Å². The molecular formula is C9H9BrO2. The van der Waals surface area contributed by atoms with Crippen LogP contribution in [0.25, 0.3) is 0 Å². The lowest BCUT2D eigenvalue weighted by Crippen LogP contribution is -2.16. The van der Waals surface area contributed by atoms with Gasteiger partial charge >= 0.3 is 5.97 Å². The molecule has 1 aromatic carbocycles. The van der Waals surface area contributed by atoms with Crippen LogP contribution in [0.5, 0.6) is 5.75 Å². The third kappa shape index (κ3) is 2.66. The molecule has 0 amide bonds.